The average Bonchev–Trinajstić information content (AvgIpc) is 2.96. The summed E-state index contributed by atoms with van der Waals surface area (Å²) in [6.45, 7) is 10.4. The molecule has 0 heterocycles. The van der Waals surface area contributed by atoms with E-state index in [1.807, 2.05) is 7.16 Å². The molecule has 0 atom stereocenters. The van der Waals surface area contributed by atoms with Crippen molar-refractivity contribution < 1.29 is 0 Å². The van der Waals surface area contributed by atoms with Crippen molar-refractivity contribution in [2.75, 3.05) is 11.9 Å². The minimum absolute atomic E-state index is 0.480. The molecule has 0 unspecified atom stereocenters. The number of nitrogens with one attached hydrogen (secondary N) is 1. The third-order valence-corrected chi connectivity index (χ3v) is 22.0. The van der Waals surface area contributed by atoms with E-state index in [4.69, 9.17) is 0 Å². The van der Waals surface area contributed by atoms with Crippen LogP contribution in [-0.2, 0) is 0 Å². The Labute approximate surface area is 277 Å². The molecule has 0 saturated heterocycles. The summed E-state index contributed by atoms with van der Waals surface area (Å²) >= 11 is -1.53. The molecule has 0 bridgehead atoms. The molecule has 216 valence electrons. The van der Waals surface area contributed by atoms with Crippen LogP contribution in [0.2, 0.25) is 13.3 Å². The third kappa shape index (κ3) is 12.2. The van der Waals surface area contributed by atoms with E-state index in [1.54, 1.807) is 3.58 Å². The third-order valence-electron chi connectivity index (χ3n) is 7.95. The Morgan fingerprint density at radius 2 is 0.825 bits per heavy atom. The summed E-state index contributed by atoms with van der Waals surface area (Å²) in [6.07, 6.45) is 19.5. The van der Waals surface area contributed by atoms with E-state index in [9.17, 15) is 0 Å². The summed E-state index contributed by atoms with van der Waals surface area (Å²) in [6, 6.07) is 15.6. The van der Waals surface area contributed by atoms with E-state index >= 15 is 0 Å². The molecule has 0 aliphatic heterocycles. The Morgan fingerprint density at radius 3 is 1.27 bits per heavy atom. The van der Waals surface area contributed by atoms with Crippen LogP contribution in [0.1, 0.15) is 118 Å². The molecular weight excluding hydrogens is 803 g/mol. The number of anilines is 1. The summed E-state index contributed by atoms with van der Waals surface area (Å²) in [5.41, 5.74) is 1.47. The second-order valence-corrected chi connectivity index (χ2v) is 23.5. The van der Waals surface area contributed by atoms with Gasteiger partial charge in [-0.05, 0) is 0 Å². The van der Waals surface area contributed by atoms with Gasteiger partial charge in [0.2, 0.25) is 0 Å². The van der Waals surface area contributed by atoms with Crippen molar-refractivity contribution in [2.24, 2.45) is 0 Å². The van der Waals surface area contributed by atoms with Crippen molar-refractivity contribution in [3.8, 4) is 0 Å². The van der Waals surface area contributed by atoms with Gasteiger partial charge in [0.25, 0.3) is 0 Å². The zero-order valence-corrected chi connectivity index (χ0v) is 34.8. The standard InChI is InChI=1S/C18H16N.3C6H13.3Sn/c1-2-3-10-19-18-9-8-16-11-14-6-4-5-7-15(14)12-17(16)13-18;3*1-3-5-6-4-2;;;/h6-8,11-13,19H,2-3,10H2,1H3;3*1,3-6H2,2H3;;;. The van der Waals surface area contributed by atoms with Crippen LogP contribution in [0.25, 0.3) is 21.5 Å². The van der Waals surface area contributed by atoms with Crippen LogP contribution in [0.4, 0.5) is 5.69 Å². The Morgan fingerprint density at radius 1 is 0.425 bits per heavy atom. The summed E-state index contributed by atoms with van der Waals surface area (Å²) in [5, 5.41) is 9.85. The Kier molecular flexibility index (Phi) is 18.4. The van der Waals surface area contributed by atoms with E-state index in [0.29, 0.717) is 0 Å². The molecule has 0 amide bonds. The maximum absolute atomic E-state index is 3.87. The van der Waals surface area contributed by atoms with Gasteiger partial charge in [-0.1, -0.05) is 0 Å². The fourth-order valence-electron chi connectivity index (χ4n) is 5.41. The van der Waals surface area contributed by atoms with E-state index in [2.05, 4.69) is 69.4 Å². The SMILES string of the molecule is CCCCC[CH2][Sn][c]1cc2cc3c[c]([Sn][CH2]CCCCC)[c]([Sn][CH2]CCCCC)cc3cc2cc1NCCCC. The average molecular weight is 858 g/mol. The van der Waals surface area contributed by atoms with Crippen LogP contribution >= 0.6 is 0 Å². The number of hydrogen-bond acceptors (Lipinski definition) is 1. The molecule has 3 aromatic carbocycles. The molecule has 3 aromatic rings. The normalized spacial score (nSPS) is 11.6. The number of rotatable bonds is 22. The van der Waals surface area contributed by atoms with Crippen molar-refractivity contribution in [3.63, 3.8) is 0 Å². The first-order valence-electron chi connectivity index (χ1n) is 16.7. The summed E-state index contributed by atoms with van der Waals surface area (Å²) in [7, 11) is 0. The van der Waals surface area contributed by atoms with Gasteiger partial charge in [-0.3, -0.25) is 0 Å². The van der Waals surface area contributed by atoms with E-state index in [0.717, 1.165) is 6.54 Å². The summed E-state index contributed by atoms with van der Waals surface area (Å²) < 4.78 is 9.99. The summed E-state index contributed by atoms with van der Waals surface area (Å²) in [5.74, 6) is 0. The maximum atomic E-state index is 3.87. The van der Waals surface area contributed by atoms with Gasteiger partial charge in [0.15, 0.2) is 0 Å². The zero-order chi connectivity index (χ0) is 28.4. The quantitative estimate of drug-likeness (QED) is 0.0605. The van der Waals surface area contributed by atoms with Gasteiger partial charge in [0.1, 0.15) is 0 Å². The second kappa shape index (κ2) is 21.1. The molecule has 40 heavy (non-hydrogen) atoms. The first-order valence-corrected chi connectivity index (χ1v) is 27.0. The minimum atomic E-state index is -0.561. The molecule has 1 N–H and O–H groups in total. The second-order valence-electron chi connectivity index (χ2n) is 11.6. The number of unbranched alkanes of at least 4 members (excludes halogenated alkanes) is 10. The number of fused-ring (bicyclic) bond motifs is 2. The zero-order valence-electron chi connectivity index (χ0n) is 26.2. The van der Waals surface area contributed by atoms with Gasteiger partial charge >= 0.3 is 281 Å². The predicted octanol–water partition coefficient (Wildman–Crippen LogP) is 9.19. The van der Waals surface area contributed by atoms with E-state index in [1.165, 1.54) is 130 Å². The summed E-state index contributed by atoms with van der Waals surface area (Å²) in [4.78, 5) is 0. The van der Waals surface area contributed by atoms with Crippen LogP contribution in [0, 0.1) is 0 Å². The molecule has 0 aliphatic rings. The first-order chi connectivity index (χ1) is 19.7. The van der Waals surface area contributed by atoms with Crippen LogP contribution in [0.5, 0.6) is 0 Å². The van der Waals surface area contributed by atoms with Crippen molar-refractivity contribution in [1.29, 1.82) is 0 Å². The Hall–Kier alpha value is 0.376. The van der Waals surface area contributed by atoms with Gasteiger partial charge < -0.3 is 0 Å². The van der Waals surface area contributed by atoms with Gasteiger partial charge in [-0.2, -0.15) is 0 Å². The molecule has 0 aromatic heterocycles. The number of hydrogen-bond donors (Lipinski definition) is 1. The molecule has 6 radical (unpaired) electrons. The van der Waals surface area contributed by atoms with E-state index in [-0.39, 0.29) is 0 Å². The predicted molar refractivity (Wildman–Crippen MR) is 188 cm³/mol. The Balaban J connectivity index is 1.89. The van der Waals surface area contributed by atoms with Crippen molar-refractivity contribution >= 4 is 101 Å². The van der Waals surface area contributed by atoms with E-state index < -0.39 is 63.4 Å². The van der Waals surface area contributed by atoms with Crippen LogP contribution in [-0.4, -0.2) is 70.0 Å². The monoisotopic (exact) mass is 861 g/mol. The molecule has 4 heteroatoms. The van der Waals surface area contributed by atoms with Crippen molar-refractivity contribution in [2.45, 2.75) is 131 Å². The molecule has 0 saturated carbocycles. The molecular formula is C36H55NSn3. The molecule has 0 spiro atoms. The van der Waals surface area contributed by atoms with Gasteiger partial charge in [0.05, 0.1) is 0 Å². The Bertz CT molecular complexity index is 1130. The van der Waals surface area contributed by atoms with Gasteiger partial charge in [-0.25, -0.2) is 0 Å². The molecule has 3 rings (SSSR count). The van der Waals surface area contributed by atoms with Crippen molar-refractivity contribution in [1.82, 2.24) is 0 Å². The fourth-order valence-corrected chi connectivity index (χ4v) is 19.5. The molecule has 0 aliphatic carbocycles. The first kappa shape index (κ1) is 34.9. The van der Waals surface area contributed by atoms with Gasteiger partial charge in [-0.15, -0.1) is 0 Å². The fraction of sp³-hybridized carbons (Fsp3) is 0.611. The van der Waals surface area contributed by atoms with Crippen LogP contribution in [0.15, 0.2) is 36.4 Å². The molecule has 1 nitrogen and oxygen atoms in total. The molecule has 0 fully saturated rings. The topological polar surface area (TPSA) is 12.0 Å². The number of benzene rings is 3. The van der Waals surface area contributed by atoms with Crippen molar-refractivity contribution in [3.05, 3.63) is 36.4 Å². The van der Waals surface area contributed by atoms with Crippen LogP contribution in [0.3, 0.4) is 0 Å². The van der Waals surface area contributed by atoms with Crippen LogP contribution < -0.4 is 16.1 Å². The van der Waals surface area contributed by atoms with Gasteiger partial charge in [0, 0.05) is 0 Å².